The predicted octanol–water partition coefficient (Wildman–Crippen LogP) is 5.44. The van der Waals surface area contributed by atoms with Gasteiger partial charge >= 0.3 is 0 Å². The van der Waals surface area contributed by atoms with Crippen LogP contribution in [0.3, 0.4) is 0 Å². The summed E-state index contributed by atoms with van der Waals surface area (Å²) in [6.07, 6.45) is 6.96. The highest BCUT2D eigenvalue weighted by atomic mass is 15.1. The molecule has 1 aliphatic carbocycles. The van der Waals surface area contributed by atoms with Crippen LogP contribution in [0.1, 0.15) is 64.5 Å². The fourth-order valence-electron chi connectivity index (χ4n) is 3.62. The Labute approximate surface area is 116 Å². The Hall–Kier alpha value is -1.24. The van der Waals surface area contributed by atoms with Gasteiger partial charge in [0.05, 0.1) is 0 Å². The van der Waals surface area contributed by atoms with E-state index in [1.807, 2.05) is 0 Å². The fourth-order valence-corrected chi connectivity index (χ4v) is 3.62. The van der Waals surface area contributed by atoms with E-state index in [9.17, 15) is 0 Å². The zero-order valence-corrected chi connectivity index (χ0v) is 12.4. The molecule has 1 aromatic heterocycles. The third-order valence-corrected chi connectivity index (χ3v) is 4.43. The molecule has 0 radical (unpaired) electrons. The van der Waals surface area contributed by atoms with E-state index >= 15 is 0 Å². The van der Waals surface area contributed by atoms with Crippen molar-refractivity contribution >= 4 is 10.9 Å². The highest BCUT2D eigenvalue weighted by molar-refractivity contribution is 5.81. The smallest absolute Gasteiger partial charge is 0.0487 e. The molecule has 0 N–H and O–H groups in total. The first kappa shape index (κ1) is 12.8. The van der Waals surface area contributed by atoms with Crippen molar-refractivity contribution in [1.82, 2.24) is 4.57 Å². The maximum absolute atomic E-state index is 2.58. The van der Waals surface area contributed by atoms with Crippen molar-refractivity contribution in [1.29, 1.82) is 0 Å². The first-order valence-corrected chi connectivity index (χ1v) is 7.68. The van der Waals surface area contributed by atoms with Crippen LogP contribution < -0.4 is 0 Å². The Morgan fingerprint density at radius 3 is 2.37 bits per heavy atom. The average molecular weight is 255 g/mol. The van der Waals surface area contributed by atoms with Crippen LogP contribution in [0.4, 0.5) is 0 Å². The van der Waals surface area contributed by atoms with Gasteiger partial charge in [0.25, 0.3) is 0 Å². The van der Waals surface area contributed by atoms with Crippen molar-refractivity contribution < 1.29 is 0 Å². The highest BCUT2D eigenvalue weighted by Gasteiger charge is 2.25. The van der Waals surface area contributed by atoms with Gasteiger partial charge in [-0.25, -0.2) is 0 Å². The van der Waals surface area contributed by atoms with Gasteiger partial charge in [-0.05, 0) is 57.0 Å². The van der Waals surface area contributed by atoms with Crippen molar-refractivity contribution in [2.24, 2.45) is 0 Å². The number of rotatable bonds is 1. The van der Waals surface area contributed by atoms with Crippen LogP contribution in [0.5, 0.6) is 0 Å². The molecule has 102 valence electrons. The van der Waals surface area contributed by atoms with Gasteiger partial charge in [0.15, 0.2) is 0 Å². The quantitative estimate of drug-likeness (QED) is 0.639. The molecule has 0 saturated heterocycles. The average Bonchev–Trinajstić information content (AvgIpc) is 2.79. The molecule has 2 aromatic rings. The third-order valence-electron chi connectivity index (χ3n) is 4.43. The van der Waals surface area contributed by atoms with Gasteiger partial charge in [-0.15, -0.1) is 0 Å². The van der Waals surface area contributed by atoms with Crippen LogP contribution >= 0.6 is 0 Å². The van der Waals surface area contributed by atoms with Crippen molar-refractivity contribution in [2.45, 2.75) is 64.3 Å². The van der Waals surface area contributed by atoms with Gasteiger partial charge in [0.1, 0.15) is 0 Å². The molecule has 3 rings (SSSR count). The summed E-state index contributed by atoms with van der Waals surface area (Å²) in [5.41, 5.74) is 3.12. The third kappa shape index (κ3) is 2.31. The van der Waals surface area contributed by atoms with E-state index in [4.69, 9.17) is 0 Å². The van der Waals surface area contributed by atoms with E-state index in [-0.39, 0.29) is 5.54 Å². The number of hydrogen-bond acceptors (Lipinski definition) is 0. The van der Waals surface area contributed by atoms with Crippen molar-refractivity contribution in [3.05, 3.63) is 36.0 Å². The van der Waals surface area contributed by atoms with Crippen LogP contribution in [0.2, 0.25) is 0 Å². The topological polar surface area (TPSA) is 4.93 Å². The molecule has 1 aromatic carbocycles. The van der Waals surface area contributed by atoms with E-state index in [1.54, 1.807) is 5.69 Å². The van der Waals surface area contributed by atoms with E-state index < -0.39 is 0 Å². The van der Waals surface area contributed by atoms with Crippen LogP contribution in [-0.2, 0) is 5.54 Å². The molecule has 0 unspecified atom stereocenters. The number of nitrogens with zero attached hydrogens (tertiary/aromatic N) is 1. The SMILES string of the molecule is CC(C)(C)n1c(C2CCCCC2)cc2ccccc21. The molecule has 0 bridgehead atoms. The lowest BCUT2D eigenvalue weighted by atomic mass is 9.86. The standard InChI is InChI=1S/C18H25N/c1-18(2,3)19-16-12-8-7-11-15(16)13-17(19)14-9-5-4-6-10-14/h7-8,11-14H,4-6,9-10H2,1-3H3. The zero-order valence-electron chi connectivity index (χ0n) is 12.4. The van der Waals surface area contributed by atoms with Gasteiger partial charge in [-0.3, -0.25) is 0 Å². The normalized spacial score (nSPS) is 18.1. The summed E-state index contributed by atoms with van der Waals surface area (Å²) in [7, 11) is 0. The van der Waals surface area contributed by atoms with Gasteiger partial charge in [0.2, 0.25) is 0 Å². The Balaban J connectivity index is 2.17. The number of para-hydroxylation sites is 1. The number of hydrogen-bond donors (Lipinski definition) is 0. The molecule has 0 amide bonds. The second-order valence-electron chi connectivity index (χ2n) is 6.97. The molecule has 1 heterocycles. The molecule has 1 heteroatoms. The van der Waals surface area contributed by atoms with Gasteiger partial charge in [-0.1, -0.05) is 37.5 Å². The van der Waals surface area contributed by atoms with E-state index in [0.29, 0.717) is 0 Å². The van der Waals surface area contributed by atoms with Gasteiger partial charge in [-0.2, -0.15) is 0 Å². The zero-order chi connectivity index (χ0) is 13.5. The lowest BCUT2D eigenvalue weighted by Crippen LogP contribution is -2.25. The van der Waals surface area contributed by atoms with Gasteiger partial charge in [0, 0.05) is 16.7 Å². The Bertz CT molecular complexity index is 565. The summed E-state index contributed by atoms with van der Waals surface area (Å²) < 4.78 is 2.58. The summed E-state index contributed by atoms with van der Waals surface area (Å²) in [5.74, 6) is 0.764. The molecule has 19 heavy (non-hydrogen) atoms. The van der Waals surface area contributed by atoms with E-state index in [2.05, 4.69) is 55.7 Å². The summed E-state index contributed by atoms with van der Waals surface area (Å²) in [4.78, 5) is 0. The number of benzene rings is 1. The molecule has 1 nitrogen and oxygen atoms in total. The monoisotopic (exact) mass is 255 g/mol. The number of aromatic nitrogens is 1. The first-order valence-electron chi connectivity index (χ1n) is 7.68. The minimum atomic E-state index is 0.163. The van der Waals surface area contributed by atoms with Crippen LogP contribution in [0.25, 0.3) is 10.9 Å². The van der Waals surface area contributed by atoms with Crippen LogP contribution in [-0.4, -0.2) is 4.57 Å². The maximum Gasteiger partial charge on any atom is 0.0487 e. The summed E-state index contributed by atoms with van der Waals surface area (Å²) in [6.45, 7) is 6.98. The van der Waals surface area contributed by atoms with Crippen LogP contribution in [0.15, 0.2) is 30.3 Å². The Morgan fingerprint density at radius 1 is 1.00 bits per heavy atom. The Morgan fingerprint density at radius 2 is 1.68 bits per heavy atom. The lowest BCUT2D eigenvalue weighted by molar-refractivity contribution is 0.360. The van der Waals surface area contributed by atoms with Crippen LogP contribution in [0, 0.1) is 0 Å². The Kier molecular flexibility index (Phi) is 3.16. The number of fused-ring (bicyclic) bond motifs is 1. The van der Waals surface area contributed by atoms with E-state index in [0.717, 1.165) is 5.92 Å². The second kappa shape index (κ2) is 4.70. The lowest BCUT2D eigenvalue weighted by Gasteiger charge is -2.31. The first-order chi connectivity index (χ1) is 9.07. The minimum Gasteiger partial charge on any atom is -0.339 e. The molecule has 0 spiro atoms. The predicted molar refractivity (Wildman–Crippen MR) is 82.8 cm³/mol. The van der Waals surface area contributed by atoms with Crippen molar-refractivity contribution in [3.63, 3.8) is 0 Å². The maximum atomic E-state index is 2.58. The fraction of sp³-hybridized carbons (Fsp3) is 0.556. The molecule has 1 fully saturated rings. The molecular formula is C18H25N. The second-order valence-corrected chi connectivity index (χ2v) is 6.97. The molecule has 0 atom stereocenters. The summed E-state index contributed by atoms with van der Waals surface area (Å²) >= 11 is 0. The van der Waals surface area contributed by atoms with E-state index in [1.165, 1.54) is 43.0 Å². The van der Waals surface area contributed by atoms with Crippen molar-refractivity contribution in [3.8, 4) is 0 Å². The molecule has 0 aliphatic heterocycles. The van der Waals surface area contributed by atoms with Crippen molar-refractivity contribution in [2.75, 3.05) is 0 Å². The molecule has 1 aliphatic rings. The largest absolute Gasteiger partial charge is 0.339 e. The summed E-state index contributed by atoms with van der Waals surface area (Å²) in [5, 5.41) is 1.40. The molecule has 1 saturated carbocycles. The van der Waals surface area contributed by atoms with Gasteiger partial charge < -0.3 is 4.57 Å². The molecular weight excluding hydrogens is 230 g/mol. The minimum absolute atomic E-state index is 0.163. The summed E-state index contributed by atoms with van der Waals surface area (Å²) in [6, 6.07) is 11.3. The highest BCUT2D eigenvalue weighted by Crippen LogP contribution is 2.38.